The number of benzene rings is 2. The van der Waals surface area contributed by atoms with Gasteiger partial charge in [-0.25, -0.2) is 4.79 Å². The molecule has 118 valence electrons. The van der Waals surface area contributed by atoms with Gasteiger partial charge in [-0.1, -0.05) is 34.9 Å². The molecule has 5 nitrogen and oxygen atoms in total. The fourth-order valence-corrected chi connectivity index (χ4v) is 3.69. The summed E-state index contributed by atoms with van der Waals surface area (Å²) < 4.78 is 0.816. The molecular weight excluding hydrogens is 350 g/mol. The van der Waals surface area contributed by atoms with Gasteiger partial charge < -0.3 is 4.84 Å². The van der Waals surface area contributed by atoms with Gasteiger partial charge in [-0.05, 0) is 35.7 Å². The third-order valence-corrected chi connectivity index (χ3v) is 4.93. The maximum absolute atomic E-state index is 12.3. The quantitative estimate of drug-likeness (QED) is 0.652. The molecule has 0 radical (unpaired) electrons. The van der Waals surface area contributed by atoms with E-state index < -0.39 is 17.8 Å². The molecule has 2 amide bonds. The molecule has 0 saturated carbocycles. The van der Waals surface area contributed by atoms with E-state index in [0.29, 0.717) is 10.1 Å². The SMILES string of the molecule is O=C(ON1C(=O)c2ccccc2C1=O)c1cc2ccc(Cl)cc2s1. The van der Waals surface area contributed by atoms with E-state index in [0.717, 1.165) is 10.1 Å². The number of carbonyl (C=O) groups is 3. The van der Waals surface area contributed by atoms with Crippen molar-refractivity contribution < 1.29 is 19.2 Å². The van der Waals surface area contributed by atoms with E-state index in [9.17, 15) is 14.4 Å². The van der Waals surface area contributed by atoms with Crippen molar-refractivity contribution >= 4 is 50.8 Å². The lowest BCUT2D eigenvalue weighted by atomic mass is 10.1. The number of hydrogen-bond acceptors (Lipinski definition) is 5. The van der Waals surface area contributed by atoms with E-state index in [2.05, 4.69) is 0 Å². The Labute approximate surface area is 145 Å². The molecule has 1 aromatic heterocycles. The van der Waals surface area contributed by atoms with Crippen LogP contribution in [-0.2, 0) is 4.84 Å². The van der Waals surface area contributed by atoms with Gasteiger partial charge in [-0.2, -0.15) is 0 Å². The van der Waals surface area contributed by atoms with E-state index in [1.54, 1.807) is 36.4 Å². The average Bonchev–Trinajstić information content (AvgIpc) is 3.10. The van der Waals surface area contributed by atoms with E-state index in [1.165, 1.54) is 23.5 Å². The van der Waals surface area contributed by atoms with Crippen molar-refractivity contribution in [3.8, 4) is 0 Å². The molecule has 7 heteroatoms. The predicted octanol–water partition coefficient (Wildman–Crippen LogP) is 3.92. The first kappa shape index (κ1) is 14.9. The molecular formula is C17H8ClNO4S. The zero-order valence-corrected chi connectivity index (χ0v) is 13.6. The van der Waals surface area contributed by atoms with Crippen LogP contribution in [0.5, 0.6) is 0 Å². The number of hydrogen-bond donors (Lipinski definition) is 0. The third kappa shape index (κ3) is 2.28. The Morgan fingerprint density at radius 1 is 1.00 bits per heavy atom. The summed E-state index contributed by atoms with van der Waals surface area (Å²) in [5.41, 5.74) is 0.442. The monoisotopic (exact) mass is 357 g/mol. The van der Waals surface area contributed by atoms with Crippen LogP contribution in [0.25, 0.3) is 10.1 Å². The van der Waals surface area contributed by atoms with Gasteiger partial charge >= 0.3 is 5.97 Å². The lowest BCUT2D eigenvalue weighted by Gasteiger charge is -2.11. The highest BCUT2D eigenvalue weighted by atomic mass is 35.5. The summed E-state index contributed by atoms with van der Waals surface area (Å²) in [5.74, 6) is -2.05. The van der Waals surface area contributed by atoms with Crippen molar-refractivity contribution in [2.45, 2.75) is 0 Å². The zero-order valence-electron chi connectivity index (χ0n) is 12.0. The fourth-order valence-electron chi connectivity index (χ4n) is 2.48. The minimum absolute atomic E-state index is 0.221. The first-order valence-corrected chi connectivity index (χ1v) is 8.13. The number of amides is 2. The number of thiophene rings is 1. The molecule has 1 aliphatic rings. The van der Waals surface area contributed by atoms with Gasteiger partial charge in [0.1, 0.15) is 4.88 Å². The molecule has 0 bridgehead atoms. The Hall–Kier alpha value is -2.70. The van der Waals surface area contributed by atoms with Crippen molar-refractivity contribution in [1.29, 1.82) is 0 Å². The molecule has 2 heterocycles. The number of halogens is 1. The Morgan fingerprint density at radius 3 is 2.33 bits per heavy atom. The van der Waals surface area contributed by atoms with E-state index >= 15 is 0 Å². The van der Waals surface area contributed by atoms with Gasteiger partial charge in [-0.3, -0.25) is 9.59 Å². The predicted molar refractivity (Wildman–Crippen MR) is 89.2 cm³/mol. The van der Waals surface area contributed by atoms with Gasteiger partial charge in [0.05, 0.1) is 11.1 Å². The number of fused-ring (bicyclic) bond motifs is 2. The normalized spacial score (nSPS) is 13.5. The van der Waals surface area contributed by atoms with Gasteiger partial charge in [0.2, 0.25) is 0 Å². The summed E-state index contributed by atoms with van der Waals surface area (Å²) in [7, 11) is 0. The number of hydroxylamine groups is 2. The Morgan fingerprint density at radius 2 is 1.67 bits per heavy atom. The van der Waals surface area contributed by atoms with Crippen molar-refractivity contribution in [2.75, 3.05) is 0 Å². The van der Waals surface area contributed by atoms with Crippen LogP contribution in [0.2, 0.25) is 5.02 Å². The molecule has 0 aliphatic carbocycles. The lowest BCUT2D eigenvalue weighted by molar-refractivity contribution is -0.0581. The van der Waals surface area contributed by atoms with Crippen LogP contribution in [0, 0.1) is 0 Å². The second-order valence-electron chi connectivity index (χ2n) is 5.12. The Balaban J connectivity index is 1.62. The maximum atomic E-state index is 12.3. The third-order valence-electron chi connectivity index (χ3n) is 3.61. The van der Waals surface area contributed by atoms with Crippen LogP contribution in [0.1, 0.15) is 30.4 Å². The van der Waals surface area contributed by atoms with Crippen LogP contribution in [0.4, 0.5) is 0 Å². The maximum Gasteiger partial charge on any atom is 0.373 e. The summed E-state index contributed by atoms with van der Waals surface area (Å²) in [6.45, 7) is 0. The largest absolute Gasteiger partial charge is 0.373 e. The second-order valence-corrected chi connectivity index (χ2v) is 6.64. The first-order valence-electron chi connectivity index (χ1n) is 6.94. The average molecular weight is 358 g/mol. The van der Waals surface area contributed by atoms with Gasteiger partial charge in [-0.15, -0.1) is 11.3 Å². The number of nitrogens with zero attached hydrogens (tertiary/aromatic N) is 1. The minimum Gasteiger partial charge on any atom is -0.323 e. The minimum atomic E-state index is -0.762. The molecule has 0 spiro atoms. The summed E-state index contributed by atoms with van der Waals surface area (Å²) in [6, 6.07) is 13.2. The first-order chi connectivity index (χ1) is 11.5. The topological polar surface area (TPSA) is 63.7 Å². The van der Waals surface area contributed by atoms with Crippen molar-refractivity contribution in [3.05, 3.63) is 69.6 Å². The standard InChI is InChI=1S/C17H8ClNO4S/c18-10-6-5-9-7-14(24-13(9)8-10)17(22)23-19-15(20)11-3-1-2-4-12(11)16(19)21/h1-8H. The Kier molecular flexibility index (Phi) is 3.37. The molecule has 0 saturated heterocycles. The summed E-state index contributed by atoms with van der Waals surface area (Å²) in [5, 5.41) is 1.90. The highest BCUT2D eigenvalue weighted by Crippen LogP contribution is 2.30. The van der Waals surface area contributed by atoms with Gasteiger partial charge in [0, 0.05) is 9.72 Å². The summed E-state index contributed by atoms with van der Waals surface area (Å²) in [4.78, 5) is 42.0. The van der Waals surface area contributed by atoms with Crippen molar-refractivity contribution in [3.63, 3.8) is 0 Å². The zero-order chi connectivity index (χ0) is 16.8. The van der Waals surface area contributed by atoms with E-state index in [4.69, 9.17) is 16.4 Å². The summed E-state index contributed by atoms with van der Waals surface area (Å²) >= 11 is 7.11. The fraction of sp³-hybridized carbons (Fsp3) is 0. The number of carbonyl (C=O) groups excluding carboxylic acids is 3. The van der Waals surface area contributed by atoms with Gasteiger partial charge in [0.25, 0.3) is 11.8 Å². The molecule has 3 aromatic rings. The van der Waals surface area contributed by atoms with Crippen LogP contribution in [0.3, 0.4) is 0 Å². The smallest absolute Gasteiger partial charge is 0.323 e. The van der Waals surface area contributed by atoms with Gasteiger partial charge in [0.15, 0.2) is 0 Å². The molecule has 0 atom stereocenters. The molecule has 0 N–H and O–H groups in total. The van der Waals surface area contributed by atoms with Crippen LogP contribution in [0.15, 0.2) is 48.5 Å². The lowest BCUT2D eigenvalue weighted by Crippen LogP contribution is -2.32. The van der Waals surface area contributed by atoms with E-state index in [1.807, 2.05) is 0 Å². The highest BCUT2D eigenvalue weighted by Gasteiger charge is 2.38. The van der Waals surface area contributed by atoms with Crippen LogP contribution in [-0.4, -0.2) is 22.8 Å². The summed E-state index contributed by atoms with van der Waals surface area (Å²) in [6.07, 6.45) is 0. The molecule has 2 aromatic carbocycles. The number of rotatable bonds is 2. The molecule has 0 fully saturated rings. The molecule has 0 unspecified atom stereocenters. The van der Waals surface area contributed by atoms with Crippen molar-refractivity contribution in [2.24, 2.45) is 0 Å². The second kappa shape index (κ2) is 5.43. The molecule has 4 rings (SSSR count). The van der Waals surface area contributed by atoms with Crippen molar-refractivity contribution in [1.82, 2.24) is 5.06 Å². The molecule has 1 aliphatic heterocycles. The molecule has 24 heavy (non-hydrogen) atoms. The van der Waals surface area contributed by atoms with E-state index in [-0.39, 0.29) is 16.0 Å². The highest BCUT2D eigenvalue weighted by molar-refractivity contribution is 7.20. The Bertz CT molecular complexity index is 991. The van der Waals surface area contributed by atoms with Crippen LogP contribution >= 0.6 is 22.9 Å². The number of imide groups is 1. The van der Waals surface area contributed by atoms with Crippen LogP contribution < -0.4 is 0 Å².